The molecule has 4 heteroatoms. The maximum absolute atomic E-state index is 11.2. The van der Waals surface area contributed by atoms with Crippen LogP contribution in [0.15, 0.2) is 41.2 Å². The van der Waals surface area contributed by atoms with Crippen LogP contribution in [0.25, 0.3) is 0 Å². The van der Waals surface area contributed by atoms with Crippen molar-refractivity contribution in [2.45, 2.75) is 12.8 Å². The fourth-order valence-electron chi connectivity index (χ4n) is 1.58. The summed E-state index contributed by atoms with van der Waals surface area (Å²) in [5.41, 5.74) is 1.98. The van der Waals surface area contributed by atoms with Gasteiger partial charge in [0.1, 0.15) is 0 Å². The molecule has 0 spiro atoms. The first-order valence-corrected chi connectivity index (χ1v) is 5.51. The lowest BCUT2D eigenvalue weighted by atomic mass is 10.1. The molecule has 0 fully saturated rings. The van der Waals surface area contributed by atoms with Crippen LogP contribution >= 0.6 is 12.2 Å². The fourth-order valence-corrected chi connectivity index (χ4v) is 1.81. The molecular weight excluding hydrogens is 220 g/mol. The van der Waals surface area contributed by atoms with Crippen LogP contribution in [0, 0.1) is 4.77 Å². The molecule has 0 unspecified atom stereocenters. The Morgan fingerprint density at radius 1 is 1.06 bits per heavy atom. The zero-order chi connectivity index (χ0) is 11.4. The molecule has 0 aliphatic heterocycles. The van der Waals surface area contributed by atoms with Crippen LogP contribution < -0.4 is 5.56 Å². The van der Waals surface area contributed by atoms with Gasteiger partial charge in [-0.1, -0.05) is 30.3 Å². The highest BCUT2D eigenvalue weighted by atomic mass is 32.1. The van der Waals surface area contributed by atoms with Gasteiger partial charge in [-0.25, -0.2) is 0 Å². The molecule has 16 heavy (non-hydrogen) atoms. The maximum atomic E-state index is 11.2. The second-order valence-electron chi connectivity index (χ2n) is 3.60. The predicted octanol–water partition coefficient (Wildman–Crippen LogP) is 2.22. The molecule has 0 saturated heterocycles. The second-order valence-corrected chi connectivity index (χ2v) is 4.01. The van der Waals surface area contributed by atoms with E-state index in [1.165, 1.54) is 5.56 Å². The highest BCUT2D eigenvalue weighted by molar-refractivity contribution is 7.71. The van der Waals surface area contributed by atoms with Crippen LogP contribution in [0.3, 0.4) is 0 Å². The van der Waals surface area contributed by atoms with Gasteiger partial charge in [-0.2, -0.15) is 0 Å². The monoisotopic (exact) mass is 232 g/mol. The smallest absolute Gasteiger partial charge is 0.251 e. The van der Waals surface area contributed by atoms with E-state index in [0.29, 0.717) is 4.77 Å². The Kier molecular flexibility index (Phi) is 3.31. The van der Waals surface area contributed by atoms with E-state index in [1.54, 1.807) is 6.07 Å². The lowest BCUT2D eigenvalue weighted by Crippen LogP contribution is -2.09. The number of nitrogens with one attached hydrogen (secondary N) is 2. The third kappa shape index (κ3) is 2.90. The summed E-state index contributed by atoms with van der Waals surface area (Å²) >= 11 is 4.91. The predicted molar refractivity (Wildman–Crippen MR) is 66.1 cm³/mol. The average molecular weight is 232 g/mol. The van der Waals surface area contributed by atoms with Gasteiger partial charge in [-0.15, -0.1) is 0 Å². The number of benzene rings is 1. The first-order valence-electron chi connectivity index (χ1n) is 5.10. The van der Waals surface area contributed by atoms with Crippen molar-refractivity contribution >= 4 is 12.2 Å². The molecular formula is C12H12N2OS. The van der Waals surface area contributed by atoms with Crippen LogP contribution in [0.1, 0.15) is 11.3 Å². The molecule has 0 aliphatic carbocycles. The van der Waals surface area contributed by atoms with E-state index in [-0.39, 0.29) is 5.56 Å². The minimum atomic E-state index is -0.146. The van der Waals surface area contributed by atoms with E-state index >= 15 is 0 Å². The molecule has 0 radical (unpaired) electrons. The lowest BCUT2D eigenvalue weighted by molar-refractivity contribution is 0.885. The normalized spacial score (nSPS) is 10.2. The van der Waals surface area contributed by atoms with E-state index in [2.05, 4.69) is 22.1 Å². The number of aromatic nitrogens is 2. The molecule has 0 aliphatic rings. The Morgan fingerprint density at radius 2 is 1.81 bits per heavy atom. The molecule has 3 nitrogen and oxygen atoms in total. The Balaban J connectivity index is 2.11. The summed E-state index contributed by atoms with van der Waals surface area (Å²) in [6.45, 7) is 0. The van der Waals surface area contributed by atoms with Gasteiger partial charge >= 0.3 is 0 Å². The van der Waals surface area contributed by atoms with Crippen molar-refractivity contribution in [1.29, 1.82) is 0 Å². The summed E-state index contributed by atoms with van der Waals surface area (Å²) in [5, 5.41) is 0. The topological polar surface area (TPSA) is 48.6 Å². The van der Waals surface area contributed by atoms with Gasteiger partial charge in [0.05, 0.1) is 0 Å². The molecule has 2 aromatic rings. The van der Waals surface area contributed by atoms with Gasteiger partial charge in [-0.05, 0) is 30.6 Å². The number of rotatable bonds is 3. The molecule has 2 N–H and O–H groups in total. The zero-order valence-electron chi connectivity index (χ0n) is 8.69. The number of hydrogen-bond acceptors (Lipinski definition) is 2. The van der Waals surface area contributed by atoms with Gasteiger partial charge in [0.15, 0.2) is 4.77 Å². The van der Waals surface area contributed by atoms with Crippen molar-refractivity contribution in [3.8, 4) is 0 Å². The standard InChI is InChI=1S/C12H12N2OS/c15-11-8-10(13-12(16)14-11)7-6-9-4-2-1-3-5-9/h1-5,8H,6-7H2,(H2,13,14,15,16). The van der Waals surface area contributed by atoms with E-state index < -0.39 is 0 Å². The fraction of sp³-hybridized carbons (Fsp3) is 0.167. The lowest BCUT2D eigenvalue weighted by Gasteiger charge is -2.01. The minimum absolute atomic E-state index is 0.146. The Bertz CT molecular complexity index is 543. The Labute approximate surface area is 98.2 Å². The molecule has 0 saturated carbocycles. The van der Waals surface area contributed by atoms with Crippen molar-refractivity contribution in [3.63, 3.8) is 0 Å². The SMILES string of the molecule is O=c1cc(CCc2ccccc2)[nH]c(=S)[nH]1. The van der Waals surface area contributed by atoms with Gasteiger partial charge in [0.2, 0.25) is 0 Å². The second kappa shape index (κ2) is 4.90. The average Bonchev–Trinajstić information content (AvgIpc) is 2.27. The third-order valence-electron chi connectivity index (χ3n) is 2.34. The molecule has 1 aromatic carbocycles. The van der Waals surface area contributed by atoms with Crippen LogP contribution in [0.4, 0.5) is 0 Å². The van der Waals surface area contributed by atoms with Gasteiger partial charge < -0.3 is 4.98 Å². The van der Waals surface area contributed by atoms with E-state index in [1.807, 2.05) is 18.2 Å². The van der Waals surface area contributed by atoms with Gasteiger partial charge in [-0.3, -0.25) is 9.78 Å². The summed E-state index contributed by atoms with van der Waals surface area (Å²) in [5.74, 6) is 0. The molecule has 0 bridgehead atoms. The van der Waals surface area contributed by atoms with E-state index in [4.69, 9.17) is 12.2 Å². The molecule has 0 amide bonds. The number of H-pyrrole nitrogens is 2. The summed E-state index contributed by atoms with van der Waals surface area (Å²) in [6, 6.07) is 11.7. The van der Waals surface area contributed by atoms with Crippen molar-refractivity contribution in [3.05, 3.63) is 62.8 Å². The van der Waals surface area contributed by atoms with Gasteiger partial charge in [0.25, 0.3) is 5.56 Å². The van der Waals surface area contributed by atoms with Crippen molar-refractivity contribution in [1.82, 2.24) is 9.97 Å². The molecule has 1 aromatic heterocycles. The van der Waals surface area contributed by atoms with Crippen molar-refractivity contribution < 1.29 is 0 Å². The van der Waals surface area contributed by atoms with Crippen LogP contribution in [-0.4, -0.2) is 9.97 Å². The van der Waals surface area contributed by atoms with E-state index in [9.17, 15) is 4.79 Å². The highest BCUT2D eigenvalue weighted by Gasteiger charge is 1.97. The first-order chi connectivity index (χ1) is 7.74. The molecule has 82 valence electrons. The molecule has 0 atom stereocenters. The third-order valence-corrected chi connectivity index (χ3v) is 2.55. The number of aryl methyl sites for hydroxylation is 2. The Morgan fingerprint density at radius 3 is 2.50 bits per heavy atom. The van der Waals surface area contributed by atoms with Crippen molar-refractivity contribution in [2.75, 3.05) is 0 Å². The molecule has 1 heterocycles. The highest BCUT2D eigenvalue weighted by Crippen LogP contribution is 2.03. The Hall–Kier alpha value is -1.68. The summed E-state index contributed by atoms with van der Waals surface area (Å²) in [6.07, 6.45) is 1.69. The van der Waals surface area contributed by atoms with Gasteiger partial charge in [0, 0.05) is 11.8 Å². The summed E-state index contributed by atoms with van der Waals surface area (Å²) in [7, 11) is 0. The maximum Gasteiger partial charge on any atom is 0.251 e. The summed E-state index contributed by atoms with van der Waals surface area (Å²) < 4.78 is 0.385. The number of hydrogen-bond donors (Lipinski definition) is 2. The minimum Gasteiger partial charge on any atom is -0.336 e. The van der Waals surface area contributed by atoms with E-state index in [0.717, 1.165) is 18.5 Å². The largest absolute Gasteiger partial charge is 0.336 e. The van der Waals surface area contributed by atoms with Crippen molar-refractivity contribution in [2.24, 2.45) is 0 Å². The van der Waals surface area contributed by atoms with Crippen LogP contribution in [0.2, 0.25) is 0 Å². The summed E-state index contributed by atoms with van der Waals surface area (Å²) in [4.78, 5) is 16.7. The van der Waals surface area contributed by atoms with Crippen LogP contribution in [0.5, 0.6) is 0 Å². The molecule has 2 rings (SSSR count). The first kappa shape index (κ1) is 10.8. The quantitative estimate of drug-likeness (QED) is 0.797. The zero-order valence-corrected chi connectivity index (χ0v) is 9.51. The number of aromatic amines is 2. The van der Waals surface area contributed by atoms with Crippen LogP contribution in [-0.2, 0) is 12.8 Å².